The molecule has 2 N–H and O–H groups in total. The van der Waals surface area contributed by atoms with E-state index in [4.69, 9.17) is 5.11 Å². The van der Waals surface area contributed by atoms with E-state index in [2.05, 4.69) is 22.4 Å². The number of amides is 1. The molecule has 7 heteroatoms. The molecule has 0 bridgehead atoms. The van der Waals surface area contributed by atoms with E-state index < -0.39 is 11.2 Å². The van der Waals surface area contributed by atoms with Crippen molar-refractivity contribution < 1.29 is 14.7 Å². The van der Waals surface area contributed by atoms with Crippen molar-refractivity contribution in [2.75, 3.05) is 0 Å². The van der Waals surface area contributed by atoms with E-state index in [1.807, 2.05) is 6.92 Å². The Morgan fingerprint density at radius 1 is 1.40 bits per heavy atom. The van der Waals surface area contributed by atoms with Gasteiger partial charge < -0.3 is 10.4 Å². The Labute approximate surface area is 123 Å². The topological polar surface area (TPSA) is 91.1 Å². The number of aliphatic carboxylic acids is 1. The highest BCUT2D eigenvalue weighted by molar-refractivity contribution is 8.15. The zero-order valence-electron chi connectivity index (χ0n) is 11.9. The Morgan fingerprint density at radius 3 is 2.80 bits per heavy atom. The second-order valence-electron chi connectivity index (χ2n) is 4.74. The minimum absolute atomic E-state index is 0.199. The number of hydrogen-bond acceptors (Lipinski definition) is 5. The SMILES string of the molecule is CCCCCC/C(C)=N\N=C1\NC(=O)[C@@H](CC(=O)O)S1. The molecule has 0 aromatic rings. The minimum Gasteiger partial charge on any atom is -0.481 e. The van der Waals surface area contributed by atoms with Gasteiger partial charge in [-0.1, -0.05) is 37.9 Å². The maximum Gasteiger partial charge on any atom is 0.305 e. The van der Waals surface area contributed by atoms with Crippen molar-refractivity contribution in [3.8, 4) is 0 Å². The third kappa shape index (κ3) is 6.18. The lowest BCUT2D eigenvalue weighted by Gasteiger charge is -1.99. The highest BCUT2D eigenvalue weighted by atomic mass is 32.2. The summed E-state index contributed by atoms with van der Waals surface area (Å²) in [6.07, 6.45) is 5.40. The second kappa shape index (κ2) is 8.73. The first-order valence-electron chi connectivity index (χ1n) is 6.83. The molecule has 20 heavy (non-hydrogen) atoms. The number of carbonyl (C=O) groups excluding carboxylic acids is 1. The summed E-state index contributed by atoms with van der Waals surface area (Å²) in [7, 11) is 0. The van der Waals surface area contributed by atoms with Gasteiger partial charge in [-0.2, -0.15) is 5.10 Å². The molecule has 0 unspecified atom stereocenters. The van der Waals surface area contributed by atoms with Gasteiger partial charge in [-0.15, -0.1) is 5.10 Å². The summed E-state index contributed by atoms with van der Waals surface area (Å²) < 4.78 is 0. The average Bonchev–Trinajstić information content (AvgIpc) is 2.72. The van der Waals surface area contributed by atoms with Crippen molar-refractivity contribution in [1.29, 1.82) is 0 Å². The lowest BCUT2D eigenvalue weighted by atomic mass is 10.1. The van der Waals surface area contributed by atoms with E-state index in [0.29, 0.717) is 5.17 Å². The van der Waals surface area contributed by atoms with Crippen molar-refractivity contribution in [2.24, 2.45) is 10.2 Å². The normalized spacial score (nSPS) is 21.3. The van der Waals surface area contributed by atoms with Crippen molar-refractivity contribution in [1.82, 2.24) is 5.32 Å². The number of carboxylic acid groups (broad SMARTS) is 1. The maximum absolute atomic E-state index is 11.5. The molecule has 1 atom stereocenters. The standard InChI is InChI=1S/C13H21N3O3S/c1-3-4-5-6-7-9(2)15-16-13-14-12(19)10(20-13)8-11(17)18/h10H,3-8H2,1-2H3,(H,17,18)(H,14,16,19)/b15-9-/t10-/m1/s1. The number of nitrogens with zero attached hydrogens (tertiary/aromatic N) is 2. The fraction of sp³-hybridized carbons (Fsp3) is 0.692. The Kier molecular flexibility index (Phi) is 7.28. The van der Waals surface area contributed by atoms with Crippen molar-refractivity contribution in [2.45, 2.75) is 57.6 Å². The number of unbranched alkanes of at least 4 members (excludes halogenated alkanes) is 3. The Hall–Kier alpha value is -1.37. The highest BCUT2D eigenvalue weighted by Gasteiger charge is 2.32. The fourth-order valence-electron chi connectivity index (χ4n) is 1.73. The van der Waals surface area contributed by atoms with Gasteiger partial charge in [-0.05, 0) is 19.8 Å². The monoisotopic (exact) mass is 299 g/mol. The van der Waals surface area contributed by atoms with Gasteiger partial charge >= 0.3 is 5.97 Å². The summed E-state index contributed by atoms with van der Waals surface area (Å²) in [4.78, 5) is 22.1. The van der Waals surface area contributed by atoms with Gasteiger partial charge in [0, 0.05) is 5.71 Å². The molecule has 0 radical (unpaired) electrons. The van der Waals surface area contributed by atoms with Crippen LogP contribution >= 0.6 is 11.8 Å². The first-order chi connectivity index (χ1) is 9.52. The lowest BCUT2D eigenvalue weighted by Crippen LogP contribution is -2.26. The predicted octanol–water partition coefficient (Wildman–Crippen LogP) is 2.40. The molecule has 1 aliphatic rings. The second-order valence-corrected chi connectivity index (χ2v) is 5.94. The first-order valence-corrected chi connectivity index (χ1v) is 7.71. The van der Waals surface area contributed by atoms with Gasteiger partial charge in [0.2, 0.25) is 5.91 Å². The molecule has 0 aromatic carbocycles. The summed E-state index contributed by atoms with van der Waals surface area (Å²) in [5.74, 6) is -1.30. The zero-order chi connectivity index (χ0) is 15.0. The molecule has 0 saturated carbocycles. The largest absolute Gasteiger partial charge is 0.481 e. The quantitative estimate of drug-likeness (QED) is 0.409. The van der Waals surface area contributed by atoms with Crippen LogP contribution in [0.25, 0.3) is 0 Å². The van der Waals surface area contributed by atoms with Gasteiger partial charge in [-0.25, -0.2) is 0 Å². The molecule has 1 saturated heterocycles. The smallest absolute Gasteiger partial charge is 0.305 e. The first kappa shape index (κ1) is 16.7. The number of carboxylic acids is 1. The van der Waals surface area contributed by atoms with Gasteiger partial charge in [0.1, 0.15) is 5.25 Å². The maximum atomic E-state index is 11.5. The van der Waals surface area contributed by atoms with E-state index in [0.717, 1.165) is 30.3 Å². The molecule has 1 rings (SSSR count). The summed E-state index contributed by atoms with van der Waals surface area (Å²) in [6, 6.07) is 0. The molecule has 6 nitrogen and oxygen atoms in total. The van der Waals surface area contributed by atoms with Crippen LogP contribution in [0.15, 0.2) is 10.2 Å². The molecule has 1 aliphatic heterocycles. The number of hydrogen-bond donors (Lipinski definition) is 2. The number of amidine groups is 1. The molecule has 1 amide bonds. The van der Waals surface area contributed by atoms with Gasteiger partial charge in [0.15, 0.2) is 5.17 Å². The van der Waals surface area contributed by atoms with Crippen LogP contribution in [0.5, 0.6) is 0 Å². The third-order valence-corrected chi connectivity index (χ3v) is 3.91. The van der Waals surface area contributed by atoms with E-state index in [1.54, 1.807) is 0 Å². The molecular formula is C13H21N3O3S. The van der Waals surface area contributed by atoms with Crippen LogP contribution in [0.2, 0.25) is 0 Å². The number of rotatable bonds is 8. The number of nitrogens with one attached hydrogen (secondary N) is 1. The Morgan fingerprint density at radius 2 is 2.15 bits per heavy atom. The summed E-state index contributed by atoms with van der Waals surface area (Å²) in [5, 5.41) is 19.0. The van der Waals surface area contributed by atoms with Gasteiger partial charge in [-0.3, -0.25) is 9.59 Å². The third-order valence-electron chi connectivity index (χ3n) is 2.84. The number of thioether (sulfide) groups is 1. The van der Waals surface area contributed by atoms with Crippen LogP contribution in [0.1, 0.15) is 52.4 Å². The average molecular weight is 299 g/mol. The van der Waals surface area contributed by atoms with Crippen molar-refractivity contribution >= 4 is 34.5 Å². The summed E-state index contributed by atoms with van der Waals surface area (Å²) in [6.45, 7) is 4.08. The lowest BCUT2D eigenvalue weighted by molar-refractivity contribution is -0.138. The molecule has 0 aromatic heterocycles. The van der Waals surface area contributed by atoms with Crippen molar-refractivity contribution in [3.63, 3.8) is 0 Å². The summed E-state index contributed by atoms with van der Waals surface area (Å²) in [5.41, 5.74) is 0.921. The van der Waals surface area contributed by atoms with E-state index in [1.165, 1.54) is 19.3 Å². The van der Waals surface area contributed by atoms with E-state index >= 15 is 0 Å². The highest BCUT2D eigenvalue weighted by Crippen LogP contribution is 2.22. The van der Waals surface area contributed by atoms with Crippen molar-refractivity contribution in [3.05, 3.63) is 0 Å². The van der Waals surface area contributed by atoms with Crippen LogP contribution in [-0.4, -0.2) is 33.1 Å². The van der Waals surface area contributed by atoms with Crippen LogP contribution in [0.3, 0.4) is 0 Å². The molecule has 0 spiro atoms. The van der Waals surface area contributed by atoms with Crippen LogP contribution in [0.4, 0.5) is 0 Å². The van der Waals surface area contributed by atoms with E-state index in [-0.39, 0.29) is 12.3 Å². The Bertz CT molecular complexity index is 421. The zero-order valence-corrected chi connectivity index (χ0v) is 12.7. The molecule has 1 fully saturated rings. The Balaban J connectivity index is 2.42. The van der Waals surface area contributed by atoms with Crippen LogP contribution in [0, 0.1) is 0 Å². The van der Waals surface area contributed by atoms with E-state index in [9.17, 15) is 9.59 Å². The van der Waals surface area contributed by atoms with Crippen LogP contribution < -0.4 is 5.32 Å². The minimum atomic E-state index is -0.991. The predicted molar refractivity (Wildman–Crippen MR) is 81.1 cm³/mol. The molecule has 112 valence electrons. The van der Waals surface area contributed by atoms with Gasteiger partial charge in [0.25, 0.3) is 0 Å². The van der Waals surface area contributed by atoms with Crippen LogP contribution in [-0.2, 0) is 9.59 Å². The van der Waals surface area contributed by atoms with Gasteiger partial charge in [0.05, 0.1) is 6.42 Å². The number of carbonyl (C=O) groups is 2. The molecule has 0 aliphatic carbocycles. The molecule has 1 heterocycles. The fourth-order valence-corrected chi connectivity index (χ4v) is 2.64. The molecular weight excluding hydrogens is 278 g/mol. The summed E-state index contributed by atoms with van der Waals surface area (Å²) >= 11 is 1.12.